The van der Waals surface area contributed by atoms with Crippen molar-refractivity contribution >= 4 is 11.6 Å². The number of benzene rings is 1. The maximum atomic E-state index is 12.4. The smallest absolute Gasteiger partial charge is 0.255 e. The number of carbonyl (C=O) groups excluding carboxylic acids is 1. The molecule has 22 heavy (non-hydrogen) atoms. The number of aromatic nitrogens is 1. The molecule has 1 aromatic heterocycles. The highest BCUT2D eigenvalue weighted by Gasteiger charge is 2.17. The Bertz CT molecular complexity index is 661. The van der Waals surface area contributed by atoms with Gasteiger partial charge >= 0.3 is 0 Å². The average molecular weight is 302 g/mol. The van der Waals surface area contributed by atoms with E-state index >= 15 is 0 Å². The van der Waals surface area contributed by atoms with Crippen molar-refractivity contribution in [3.8, 4) is 17.2 Å². The van der Waals surface area contributed by atoms with Crippen LogP contribution >= 0.6 is 0 Å². The Balaban J connectivity index is 2.33. The minimum atomic E-state index is -0.273. The van der Waals surface area contributed by atoms with Crippen molar-refractivity contribution in [3.63, 3.8) is 0 Å². The molecule has 0 aliphatic rings. The van der Waals surface area contributed by atoms with Crippen molar-refractivity contribution in [2.45, 2.75) is 6.92 Å². The molecule has 0 aliphatic carbocycles. The summed E-state index contributed by atoms with van der Waals surface area (Å²) in [4.78, 5) is 16.5. The van der Waals surface area contributed by atoms with E-state index in [0.29, 0.717) is 28.5 Å². The Kier molecular flexibility index (Phi) is 4.83. The standard InChI is InChI=1S/C16H18N2O4/c1-10-7-12(5-6-17-10)18-16(19)11-8-13(20-2)15(22-4)14(9-11)21-3/h5-9H,1-4H3,(H,17,18,19). The number of nitrogens with one attached hydrogen (secondary N) is 1. The number of ether oxygens (including phenoxy) is 3. The maximum Gasteiger partial charge on any atom is 0.255 e. The van der Waals surface area contributed by atoms with Crippen molar-refractivity contribution in [1.82, 2.24) is 4.98 Å². The minimum Gasteiger partial charge on any atom is -0.493 e. The van der Waals surface area contributed by atoms with Crippen LogP contribution < -0.4 is 19.5 Å². The van der Waals surface area contributed by atoms with Crippen LogP contribution in [-0.4, -0.2) is 32.2 Å². The van der Waals surface area contributed by atoms with Crippen molar-refractivity contribution < 1.29 is 19.0 Å². The molecule has 0 saturated heterocycles. The van der Waals surface area contributed by atoms with Gasteiger partial charge in [-0.05, 0) is 31.2 Å². The Labute approximate surface area is 129 Å². The summed E-state index contributed by atoms with van der Waals surface area (Å²) in [5.41, 5.74) is 1.90. The monoisotopic (exact) mass is 302 g/mol. The quantitative estimate of drug-likeness (QED) is 0.919. The van der Waals surface area contributed by atoms with Crippen molar-refractivity contribution in [2.75, 3.05) is 26.6 Å². The van der Waals surface area contributed by atoms with Crippen LogP contribution in [-0.2, 0) is 0 Å². The highest BCUT2D eigenvalue weighted by molar-refractivity contribution is 6.05. The number of aryl methyl sites for hydroxylation is 1. The number of hydrogen-bond acceptors (Lipinski definition) is 5. The third kappa shape index (κ3) is 3.28. The molecule has 1 aromatic carbocycles. The third-order valence-electron chi connectivity index (χ3n) is 3.08. The molecule has 0 atom stereocenters. The average Bonchev–Trinajstić information content (AvgIpc) is 2.53. The Morgan fingerprint density at radius 1 is 1.05 bits per heavy atom. The SMILES string of the molecule is COc1cc(C(=O)Nc2ccnc(C)c2)cc(OC)c1OC. The molecule has 0 aliphatic heterocycles. The van der Waals surface area contributed by atoms with E-state index in [4.69, 9.17) is 14.2 Å². The van der Waals surface area contributed by atoms with Gasteiger partial charge in [-0.3, -0.25) is 9.78 Å². The van der Waals surface area contributed by atoms with Gasteiger partial charge in [-0.1, -0.05) is 0 Å². The lowest BCUT2D eigenvalue weighted by Gasteiger charge is -2.14. The van der Waals surface area contributed by atoms with Gasteiger partial charge in [0.2, 0.25) is 5.75 Å². The summed E-state index contributed by atoms with van der Waals surface area (Å²) in [6.07, 6.45) is 1.64. The fraction of sp³-hybridized carbons (Fsp3) is 0.250. The molecule has 6 nitrogen and oxygen atoms in total. The molecule has 0 spiro atoms. The fourth-order valence-electron chi connectivity index (χ4n) is 2.04. The zero-order chi connectivity index (χ0) is 16.1. The summed E-state index contributed by atoms with van der Waals surface area (Å²) in [7, 11) is 4.52. The molecule has 0 unspecified atom stereocenters. The zero-order valence-corrected chi connectivity index (χ0v) is 13.0. The first kappa shape index (κ1) is 15.6. The van der Waals surface area contributed by atoms with Crippen molar-refractivity contribution in [1.29, 1.82) is 0 Å². The zero-order valence-electron chi connectivity index (χ0n) is 13.0. The molecular weight excluding hydrogens is 284 g/mol. The van der Waals surface area contributed by atoms with Gasteiger partial charge in [-0.2, -0.15) is 0 Å². The number of methoxy groups -OCH3 is 3. The highest BCUT2D eigenvalue weighted by Crippen LogP contribution is 2.38. The van der Waals surface area contributed by atoms with E-state index in [1.807, 2.05) is 6.92 Å². The summed E-state index contributed by atoms with van der Waals surface area (Å²) in [5, 5.41) is 2.81. The second kappa shape index (κ2) is 6.80. The van der Waals surface area contributed by atoms with Gasteiger partial charge < -0.3 is 19.5 Å². The van der Waals surface area contributed by atoms with Crippen LogP contribution in [0.25, 0.3) is 0 Å². The summed E-state index contributed by atoms with van der Waals surface area (Å²) in [5.74, 6) is 1.03. The van der Waals surface area contributed by atoms with Crippen LogP contribution in [0.15, 0.2) is 30.5 Å². The van der Waals surface area contributed by atoms with Gasteiger partial charge in [0, 0.05) is 23.1 Å². The third-order valence-corrected chi connectivity index (χ3v) is 3.08. The molecule has 0 saturated carbocycles. The fourth-order valence-corrected chi connectivity index (χ4v) is 2.04. The minimum absolute atomic E-state index is 0.273. The molecule has 0 fully saturated rings. The largest absolute Gasteiger partial charge is 0.493 e. The molecule has 1 amide bonds. The van der Waals surface area contributed by atoms with Crippen LogP contribution in [0.4, 0.5) is 5.69 Å². The molecule has 2 rings (SSSR count). The van der Waals surface area contributed by atoms with Crippen LogP contribution in [0.2, 0.25) is 0 Å². The summed E-state index contributed by atoms with van der Waals surface area (Å²) in [6, 6.07) is 6.72. The lowest BCUT2D eigenvalue weighted by molar-refractivity contribution is 0.102. The molecule has 1 N–H and O–H groups in total. The summed E-state index contributed by atoms with van der Waals surface area (Å²) < 4.78 is 15.7. The normalized spacial score (nSPS) is 10.0. The van der Waals surface area contributed by atoms with Crippen LogP contribution in [0, 0.1) is 6.92 Å². The topological polar surface area (TPSA) is 69.7 Å². The second-order valence-corrected chi connectivity index (χ2v) is 4.55. The molecule has 116 valence electrons. The Morgan fingerprint density at radius 3 is 2.18 bits per heavy atom. The lowest BCUT2D eigenvalue weighted by Crippen LogP contribution is -2.12. The number of carbonyl (C=O) groups is 1. The second-order valence-electron chi connectivity index (χ2n) is 4.55. The van der Waals surface area contributed by atoms with Crippen LogP contribution in [0.1, 0.15) is 16.1 Å². The van der Waals surface area contributed by atoms with E-state index in [0.717, 1.165) is 5.69 Å². The molecular formula is C16H18N2O4. The number of nitrogens with zero attached hydrogens (tertiary/aromatic N) is 1. The number of hydrogen-bond donors (Lipinski definition) is 1. The van der Waals surface area contributed by atoms with E-state index < -0.39 is 0 Å². The van der Waals surface area contributed by atoms with E-state index in [9.17, 15) is 4.79 Å². The predicted octanol–water partition coefficient (Wildman–Crippen LogP) is 2.67. The van der Waals surface area contributed by atoms with Gasteiger partial charge in [0.1, 0.15) is 0 Å². The first-order valence-electron chi connectivity index (χ1n) is 6.63. The van der Waals surface area contributed by atoms with E-state index in [2.05, 4.69) is 10.3 Å². The van der Waals surface area contributed by atoms with E-state index in [-0.39, 0.29) is 5.91 Å². The van der Waals surface area contributed by atoms with Crippen molar-refractivity contribution in [3.05, 3.63) is 41.7 Å². The van der Waals surface area contributed by atoms with Gasteiger partial charge in [-0.15, -0.1) is 0 Å². The highest BCUT2D eigenvalue weighted by atomic mass is 16.5. The number of pyridine rings is 1. The van der Waals surface area contributed by atoms with Gasteiger partial charge in [-0.25, -0.2) is 0 Å². The van der Waals surface area contributed by atoms with E-state index in [1.165, 1.54) is 21.3 Å². The Morgan fingerprint density at radius 2 is 1.68 bits per heavy atom. The van der Waals surface area contributed by atoms with Gasteiger partial charge in [0.05, 0.1) is 21.3 Å². The van der Waals surface area contributed by atoms with Crippen LogP contribution in [0.3, 0.4) is 0 Å². The van der Waals surface area contributed by atoms with E-state index in [1.54, 1.807) is 30.5 Å². The maximum absolute atomic E-state index is 12.4. The predicted molar refractivity (Wildman–Crippen MR) is 83.0 cm³/mol. The van der Waals surface area contributed by atoms with Crippen LogP contribution in [0.5, 0.6) is 17.2 Å². The molecule has 1 heterocycles. The molecule has 0 radical (unpaired) electrons. The van der Waals surface area contributed by atoms with Gasteiger partial charge in [0.25, 0.3) is 5.91 Å². The first-order chi connectivity index (χ1) is 10.6. The number of anilines is 1. The summed E-state index contributed by atoms with van der Waals surface area (Å²) in [6.45, 7) is 1.86. The number of rotatable bonds is 5. The molecule has 0 bridgehead atoms. The number of amides is 1. The Hall–Kier alpha value is -2.76. The molecule has 2 aromatic rings. The van der Waals surface area contributed by atoms with Crippen molar-refractivity contribution in [2.24, 2.45) is 0 Å². The first-order valence-corrected chi connectivity index (χ1v) is 6.63. The lowest BCUT2D eigenvalue weighted by atomic mass is 10.1. The van der Waals surface area contributed by atoms with Gasteiger partial charge in [0.15, 0.2) is 11.5 Å². The molecule has 6 heteroatoms. The summed E-state index contributed by atoms with van der Waals surface area (Å²) >= 11 is 0.